The molecule has 1 rings (SSSR count). The zero-order valence-corrected chi connectivity index (χ0v) is 10.3. The molecule has 0 aliphatic carbocycles. The van der Waals surface area contributed by atoms with E-state index in [0.717, 1.165) is 11.3 Å². The fourth-order valence-corrected chi connectivity index (χ4v) is 2.85. The Labute approximate surface area is 95.4 Å². The Morgan fingerprint density at radius 3 is 2.60 bits per heavy atom. The molecular weight excluding hydrogens is 234 g/mol. The highest BCUT2D eigenvalue weighted by molar-refractivity contribution is 7.90. The Bertz CT molecular complexity index is 414. The molecule has 0 aromatic carbocycles. The van der Waals surface area contributed by atoms with Gasteiger partial charge >= 0.3 is 0 Å². The van der Waals surface area contributed by atoms with Gasteiger partial charge in [0.15, 0.2) is 0 Å². The summed E-state index contributed by atoms with van der Waals surface area (Å²) in [6, 6.07) is 3.80. The van der Waals surface area contributed by atoms with Crippen LogP contribution >= 0.6 is 11.6 Å². The van der Waals surface area contributed by atoms with Crippen molar-refractivity contribution in [1.82, 2.24) is 4.98 Å². The Kier molecular flexibility index (Phi) is 4.11. The van der Waals surface area contributed by atoms with Gasteiger partial charge in [-0.2, -0.15) is 0 Å². The molecule has 0 aliphatic rings. The molecule has 0 radical (unpaired) electrons. The Morgan fingerprint density at radius 2 is 2.13 bits per heavy atom. The predicted molar refractivity (Wildman–Crippen MR) is 62.0 cm³/mol. The molecular formula is C10H14ClNO2S. The van der Waals surface area contributed by atoms with Gasteiger partial charge in [0.25, 0.3) is 0 Å². The van der Waals surface area contributed by atoms with E-state index in [1.807, 2.05) is 19.1 Å². The molecule has 0 aliphatic heterocycles. The number of pyridine rings is 1. The van der Waals surface area contributed by atoms with Crippen molar-refractivity contribution in [2.24, 2.45) is 0 Å². The molecule has 5 heteroatoms. The number of nitrogens with zero attached hydrogens (tertiary/aromatic N) is 1. The summed E-state index contributed by atoms with van der Waals surface area (Å²) in [6.45, 7) is 1.95. The molecule has 1 unspecified atom stereocenters. The molecule has 1 aromatic heterocycles. The van der Waals surface area contributed by atoms with E-state index in [4.69, 9.17) is 11.6 Å². The topological polar surface area (TPSA) is 47.0 Å². The first-order valence-corrected chi connectivity index (χ1v) is 7.10. The van der Waals surface area contributed by atoms with E-state index in [9.17, 15) is 8.42 Å². The smallest absolute Gasteiger partial charge is 0.148 e. The Hall–Kier alpha value is -0.610. The van der Waals surface area contributed by atoms with Crippen LogP contribution in [0.25, 0.3) is 0 Å². The molecule has 1 heterocycles. The summed E-state index contributed by atoms with van der Waals surface area (Å²) >= 11 is 5.92. The van der Waals surface area contributed by atoms with Gasteiger partial charge in [-0.15, -0.1) is 11.6 Å². The molecule has 3 nitrogen and oxygen atoms in total. The first kappa shape index (κ1) is 12.5. The van der Waals surface area contributed by atoms with Crippen LogP contribution in [0.2, 0.25) is 0 Å². The van der Waals surface area contributed by atoms with E-state index in [1.165, 1.54) is 6.26 Å². The van der Waals surface area contributed by atoms with E-state index in [-0.39, 0.29) is 5.75 Å². The van der Waals surface area contributed by atoms with Crippen molar-refractivity contribution in [1.29, 1.82) is 0 Å². The highest BCUT2D eigenvalue weighted by Crippen LogP contribution is 2.08. The number of sulfone groups is 1. The molecule has 1 atom stereocenters. The molecule has 0 spiro atoms. The van der Waals surface area contributed by atoms with Crippen LogP contribution in [0.3, 0.4) is 0 Å². The Morgan fingerprint density at radius 1 is 1.47 bits per heavy atom. The van der Waals surface area contributed by atoms with Gasteiger partial charge in [0.05, 0.1) is 11.1 Å². The lowest BCUT2D eigenvalue weighted by Gasteiger charge is -2.07. The van der Waals surface area contributed by atoms with Crippen LogP contribution in [0.1, 0.15) is 11.3 Å². The van der Waals surface area contributed by atoms with Gasteiger partial charge in [-0.05, 0) is 18.6 Å². The number of alkyl halides is 1. The van der Waals surface area contributed by atoms with Gasteiger partial charge in [0, 0.05) is 24.6 Å². The number of rotatable bonds is 4. The number of hydrogen-bond donors (Lipinski definition) is 0. The van der Waals surface area contributed by atoms with E-state index in [0.29, 0.717) is 6.42 Å². The maximum absolute atomic E-state index is 11.0. The van der Waals surface area contributed by atoms with Crippen LogP contribution in [0.15, 0.2) is 18.3 Å². The van der Waals surface area contributed by atoms with E-state index in [2.05, 4.69) is 4.98 Å². The summed E-state index contributed by atoms with van der Waals surface area (Å²) in [5.41, 5.74) is 1.90. The lowest BCUT2D eigenvalue weighted by Crippen LogP contribution is -2.17. The first-order valence-electron chi connectivity index (χ1n) is 4.60. The van der Waals surface area contributed by atoms with Crippen LogP contribution in [0.5, 0.6) is 0 Å². The van der Waals surface area contributed by atoms with E-state index in [1.54, 1.807) is 6.20 Å². The van der Waals surface area contributed by atoms with Crippen LogP contribution in [0, 0.1) is 6.92 Å². The summed E-state index contributed by atoms with van der Waals surface area (Å²) in [6.07, 6.45) is 3.42. The lowest BCUT2D eigenvalue weighted by atomic mass is 10.2. The van der Waals surface area contributed by atoms with Crippen molar-refractivity contribution in [3.05, 3.63) is 29.6 Å². The van der Waals surface area contributed by atoms with Crippen LogP contribution < -0.4 is 0 Å². The summed E-state index contributed by atoms with van der Waals surface area (Å²) < 4.78 is 22.0. The monoisotopic (exact) mass is 247 g/mol. The number of halogens is 1. The minimum absolute atomic E-state index is 0.00981. The molecule has 84 valence electrons. The fraction of sp³-hybridized carbons (Fsp3) is 0.500. The van der Waals surface area contributed by atoms with Gasteiger partial charge in [-0.1, -0.05) is 6.07 Å². The minimum atomic E-state index is -3.01. The lowest BCUT2D eigenvalue weighted by molar-refractivity contribution is 0.599. The van der Waals surface area contributed by atoms with Crippen LogP contribution in [0.4, 0.5) is 0 Å². The highest BCUT2D eigenvalue weighted by atomic mass is 35.5. The second-order valence-electron chi connectivity index (χ2n) is 3.72. The zero-order valence-electron chi connectivity index (χ0n) is 8.77. The van der Waals surface area contributed by atoms with Gasteiger partial charge in [-0.3, -0.25) is 4.98 Å². The van der Waals surface area contributed by atoms with Gasteiger partial charge < -0.3 is 0 Å². The second kappa shape index (κ2) is 4.94. The number of hydrogen-bond acceptors (Lipinski definition) is 3. The normalized spacial score (nSPS) is 13.8. The van der Waals surface area contributed by atoms with Gasteiger partial charge in [-0.25, -0.2) is 8.42 Å². The molecule has 15 heavy (non-hydrogen) atoms. The van der Waals surface area contributed by atoms with Crippen molar-refractivity contribution < 1.29 is 8.42 Å². The predicted octanol–water partition coefficient (Wildman–Crippen LogP) is 1.58. The fourth-order valence-electron chi connectivity index (χ4n) is 1.23. The molecule has 0 N–H and O–H groups in total. The second-order valence-corrected chi connectivity index (χ2v) is 6.52. The third-order valence-electron chi connectivity index (χ3n) is 1.89. The molecule has 1 aromatic rings. The summed E-state index contributed by atoms with van der Waals surface area (Å²) in [5, 5.41) is -0.407. The molecule has 0 amide bonds. The SMILES string of the molecule is Cc1ccc(CC(Cl)CS(C)(=O)=O)nc1. The zero-order chi connectivity index (χ0) is 11.5. The van der Waals surface area contributed by atoms with Gasteiger partial charge in [0.2, 0.25) is 0 Å². The molecule has 0 saturated carbocycles. The highest BCUT2D eigenvalue weighted by Gasteiger charge is 2.13. The van der Waals surface area contributed by atoms with Crippen molar-refractivity contribution in [3.8, 4) is 0 Å². The van der Waals surface area contributed by atoms with Crippen molar-refractivity contribution in [2.75, 3.05) is 12.0 Å². The molecule has 0 fully saturated rings. The third-order valence-corrected chi connectivity index (χ3v) is 3.39. The molecule has 0 saturated heterocycles. The number of aryl methyl sites for hydroxylation is 1. The van der Waals surface area contributed by atoms with Crippen LogP contribution in [-0.4, -0.2) is 30.8 Å². The third kappa shape index (κ3) is 5.14. The first-order chi connectivity index (χ1) is 6.87. The number of aromatic nitrogens is 1. The van der Waals surface area contributed by atoms with E-state index < -0.39 is 15.2 Å². The average Bonchev–Trinajstić information content (AvgIpc) is 2.05. The molecule has 0 bridgehead atoms. The quantitative estimate of drug-likeness (QED) is 0.759. The standard InChI is InChI=1S/C10H14ClNO2S/c1-8-3-4-10(12-6-8)5-9(11)7-15(2,13)14/h3-4,6,9H,5,7H2,1-2H3. The van der Waals surface area contributed by atoms with Gasteiger partial charge in [0.1, 0.15) is 9.84 Å². The van der Waals surface area contributed by atoms with Crippen molar-refractivity contribution in [2.45, 2.75) is 18.7 Å². The van der Waals surface area contributed by atoms with Crippen LogP contribution in [-0.2, 0) is 16.3 Å². The largest absolute Gasteiger partial charge is 0.261 e. The maximum Gasteiger partial charge on any atom is 0.148 e. The minimum Gasteiger partial charge on any atom is -0.261 e. The Balaban J connectivity index is 2.59. The van der Waals surface area contributed by atoms with Crippen molar-refractivity contribution in [3.63, 3.8) is 0 Å². The van der Waals surface area contributed by atoms with Crippen molar-refractivity contribution >= 4 is 21.4 Å². The summed E-state index contributed by atoms with van der Waals surface area (Å²) in [5.74, 6) is -0.00981. The maximum atomic E-state index is 11.0. The summed E-state index contributed by atoms with van der Waals surface area (Å²) in [4.78, 5) is 4.17. The summed E-state index contributed by atoms with van der Waals surface area (Å²) in [7, 11) is -3.01. The average molecular weight is 248 g/mol. The van der Waals surface area contributed by atoms with E-state index >= 15 is 0 Å².